The van der Waals surface area contributed by atoms with Gasteiger partial charge in [-0.2, -0.15) is 0 Å². The molecule has 0 atom stereocenters. The van der Waals surface area contributed by atoms with Gasteiger partial charge in [-0.3, -0.25) is 9.59 Å². The van der Waals surface area contributed by atoms with E-state index in [1.54, 1.807) is 12.1 Å². The van der Waals surface area contributed by atoms with Gasteiger partial charge in [0.25, 0.3) is 5.91 Å². The first-order chi connectivity index (χ1) is 8.49. The van der Waals surface area contributed by atoms with Crippen molar-refractivity contribution in [2.45, 2.75) is 0 Å². The molecule has 2 N–H and O–H groups in total. The van der Waals surface area contributed by atoms with Crippen molar-refractivity contribution in [1.82, 2.24) is 10.2 Å². The lowest BCUT2D eigenvalue weighted by Gasteiger charge is -2.27. The van der Waals surface area contributed by atoms with Crippen LogP contribution in [0.5, 0.6) is 5.75 Å². The highest BCUT2D eigenvalue weighted by molar-refractivity contribution is 14.1. The molecule has 0 unspecified atom stereocenters. The number of amides is 2. The van der Waals surface area contributed by atoms with Gasteiger partial charge in [0.2, 0.25) is 5.91 Å². The molecule has 2 rings (SSSR count). The normalized spacial score (nSPS) is 15.4. The monoisotopic (exact) mass is 472 g/mol. The molecule has 5 nitrogen and oxygen atoms in total. The van der Waals surface area contributed by atoms with Crippen LogP contribution in [0.25, 0.3) is 0 Å². The average molecular weight is 472 g/mol. The zero-order valence-electron chi connectivity index (χ0n) is 9.24. The van der Waals surface area contributed by atoms with Gasteiger partial charge < -0.3 is 15.3 Å². The maximum Gasteiger partial charge on any atom is 0.258 e. The number of carbonyl (C=O) groups excluding carboxylic acids is 2. The van der Waals surface area contributed by atoms with Gasteiger partial charge in [0.05, 0.1) is 15.7 Å². The number of carbonyl (C=O) groups is 2. The van der Waals surface area contributed by atoms with Gasteiger partial charge in [-0.15, -0.1) is 0 Å². The number of halogens is 2. The molecule has 0 bridgehead atoms. The largest absolute Gasteiger partial charge is 0.506 e. The Hall–Kier alpha value is -0.580. The summed E-state index contributed by atoms with van der Waals surface area (Å²) in [6, 6.07) is 3.42. The third-order valence-corrected chi connectivity index (χ3v) is 4.03. The molecule has 1 aliphatic heterocycles. The number of rotatable bonds is 1. The Labute approximate surface area is 131 Å². The number of nitrogens with one attached hydrogen (secondary N) is 1. The Balaban J connectivity index is 2.31. The SMILES string of the molecule is O=C1CN(C(=O)c2cc(I)cc(I)c2O)CCN1. The first-order valence-electron chi connectivity index (χ1n) is 5.23. The quantitative estimate of drug-likeness (QED) is 0.604. The maximum atomic E-state index is 12.2. The molecule has 0 saturated carbocycles. The van der Waals surface area contributed by atoms with Gasteiger partial charge in [0, 0.05) is 16.7 Å². The first kappa shape index (κ1) is 13.8. The van der Waals surface area contributed by atoms with E-state index in [2.05, 4.69) is 27.9 Å². The van der Waals surface area contributed by atoms with Gasteiger partial charge >= 0.3 is 0 Å². The van der Waals surface area contributed by atoms with E-state index in [-0.39, 0.29) is 29.7 Å². The Kier molecular flexibility index (Phi) is 4.30. The molecule has 0 aromatic heterocycles. The molecule has 1 aromatic rings. The molecule has 1 saturated heterocycles. The Morgan fingerprint density at radius 2 is 2.11 bits per heavy atom. The predicted octanol–water partition coefficient (Wildman–Crippen LogP) is 1.17. The van der Waals surface area contributed by atoms with E-state index in [0.29, 0.717) is 16.7 Å². The fraction of sp³-hybridized carbons (Fsp3) is 0.273. The van der Waals surface area contributed by atoms with Crippen LogP contribution >= 0.6 is 45.2 Å². The maximum absolute atomic E-state index is 12.2. The lowest BCUT2D eigenvalue weighted by molar-refractivity contribution is -0.123. The highest BCUT2D eigenvalue weighted by Crippen LogP contribution is 2.28. The van der Waals surface area contributed by atoms with Crippen LogP contribution in [0.15, 0.2) is 12.1 Å². The minimum Gasteiger partial charge on any atom is -0.506 e. The standard InChI is InChI=1S/C11H10I2N2O3/c12-6-3-7(10(17)8(13)4-6)11(18)15-2-1-14-9(16)5-15/h3-4,17H,1-2,5H2,(H,14,16). The molecule has 1 heterocycles. The van der Waals surface area contributed by atoms with Crippen LogP contribution in [0.3, 0.4) is 0 Å². The summed E-state index contributed by atoms with van der Waals surface area (Å²) < 4.78 is 1.50. The second-order valence-corrected chi connectivity index (χ2v) is 6.27. The number of nitrogens with zero attached hydrogens (tertiary/aromatic N) is 1. The topological polar surface area (TPSA) is 69.6 Å². The number of piperazine rings is 1. The zero-order chi connectivity index (χ0) is 13.3. The summed E-state index contributed by atoms with van der Waals surface area (Å²) >= 11 is 4.07. The van der Waals surface area contributed by atoms with Crippen LogP contribution in [-0.4, -0.2) is 41.5 Å². The van der Waals surface area contributed by atoms with Crippen molar-refractivity contribution in [2.24, 2.45) is 0 Å². The second kappa shape index (κ2) is 5.59. The van der Waals surface area contributed by atoms with Crippen molar-refractivity contribution < 1.29 is 14.7 Å². The van der Waals surface area contributed by atoms with Crippen LogP contribution in [0.1, 0.15) is 10.4 Å². The summed E-state index contributed by atoms with van der Waals surface area (Å²) in [5.41, 5.74) is 0.251. The smallest absolute Gasteiger partial charge is 0.258 e. The van der Waals surface area contributed by atoms with Gasteiger partial charge in [0.15, 0.2) is 0 Å². The minimum atomic E-state index is -0.307. The third-order valence-electron chi connectivity index (χ3n) is 2.58. The summed E-state index contributed by atoms with van der Waals surface area (Å²) in [5, 5.41) is 12.6. The van der Waals surface area contributed by atoms with Gasteiger partial charge in [-0.25, -0.2) is 0 Å². The highest BCUT2D eigenvalue weighted by Gasteiger charge is 2.25. The molecule has 96 valence electrons. The number of phenolic OH excluding ortho intramolecular Hbond substituents is 1. The number of benzene rings is 1. The summed E-state index contributed by atoms with van der Waals surface area (Å²) in [5.74, 6) is -0.500. The number of phenols is 1. The van der Waals surface area contributed by atoms with Crippen molar-refractivity contribution >= 4 is 57.0 Å². The van der Waals surface area contributed by atoms with Crippen LogP contribution in [0.4, 0.5) is 0 Å². The van der Waals surface area contributed by atoms with Gasteiger partial charge in [0.1, 0.15) is 5.75 Å². The van der Waals surface area contributed by atoms with E-state index in [1.165, 1.54) is 4.90 Å². The van der Waals surface area contributed by atoms with E-state index in [4.69, 9.17) is 0 Å². The molecule has 1 aromatic carbocycles. The fourth-order valence-corrected chi connectivity index (χ4v) is 3.56. The number of hydrogen-bond acceptors (Lipinski definition) is 3. The fourth-order valence-electron chi connectivity index (χ4n) is 1.71. The minimum absolute atomic E-state index is 0.0213. The molecule has 7 heteroatoms. The molecular weight excluding hydrogens is 462 g/mol. The molecule has 0 radical (unpaired) electrons. The molecule has 0 aliphatic carbocycles. The first-order valence-corrected chi connectivity index (χ1v) is 7.39. The van der Waals surface area contributed by atoms with Crippen molar-refractivity contribution in [2.75, 3.05) is 19.6 Å². The lowest BCUT2D eigenvalue weighted by Crippen LogP contribution is -2.50. The Morgan fingerprint density at radius 1 is 1.39 bits per heavy atom. The lowest BCUT2D eigenvalue weighted by atomic mass is 10.1. The number of hydrogen-bond donors (Lipinski definition) is 2. The van der Waals surface area contributed by atoms with Crippen LogP contribution in [-0.2, 0) is 4.79 Å². The Morgan fingerprint density at radius 3 is 2.78 bits per heavy atom. The van der Waals surface area contributed by atoms with Gasteiger partial charge in [-0.1, -0.05) is 0 Å². The van der Waals surface area contributed by atoms with Crippen LogP contribution in [0, 0.1) is 7.14 Å². The van der Waals surface area contributed by atoms with Crippen LogP contribution < -0.4 is 5.32 Å². The van der Waals surface area contributed by atoms with E-state index in [9.17, 15) is 14.7 Å². The molecule has 18 heavy (non-hydrogen) atoms. The van der Waals surface area contributed by atoms with Crippen LogP contribution in [0.2, 0.25) is 0 Å². The van der Waals surface area contributed by atoms with Crippen molar-refractivity contribution in [3.05, 3.63) is 24.8 Å². The molecular formula is C11H10I2N2O3. The third kappa shape index (κ3) is 2.87. The van der Waals surface area contributed by atoms with E-state index in [1.807, 2.05) is 22.6 Å². The van der Waals surface area contributed by atoms with Crippen molar-refractivity contribution in [3.63, 3.8) is 0 Å². The zero-order valence-corrected chi connectivity index (χ0v) is 13.6. The summed E-state index contributed by atoms with van der Waals surface area (Å²) in [6.07, 6.45) is 0. The second-order valence-electron chi connectivity index (χ2n) is 3.86. The van der Waals surface area contributed by atoms with Gasteiger partial charge in [-0.05, 0) is 57.3 Å². The van der Waals surface area contributed by atoms with E-state index >= 15 is 0 Å². The molecule has 2 amide bonds. The van der Waals surface area contributed by atoms with Crippen molar-refractivity contribution in [1.29, 1.82) is 0 Å². The summed E-state index contributed by atoms with van der Waals surface area (Å²) in [7, 11) is 0. The van der Waals surface area contributed by atoms with Crippen molar-refractivity contribution in [3.8, 4) is 5.75 Å². The molecule has 1 aliphatic rings. The molecule has 0 spiro atoms. The number of aromatic hydroxyl groups is 1. The summed E-state index contributed by atoms with van der Waals surface area (Å²) in [6.45, 7) is 0.957. The predicted molar refractivity (Wildman–Crippen MR) is 82.5 cm³/mol. The summed E-state index contributed by atoms with van der Waals surface area (Å²) in [4.78, 5) is 25.0. The van der Waals surface area contributed by atoms with E-state index in [0.717, 1.165) is 3.57 Å². The average Bonchev–Trinajstić information content (AvgIpc) is 2.33. The Bertz CT molecular complexity index is 519. The highest BCUT2D eigenvalue weighted by atomic mass is 127. The molecule has 1 fully saturated rings. The van der Waals surface area contributed by atoms with E-state index < -0.39 is 0 Å².